The van der Waals surface area contributed by atoms with E-state index >= 15 is 0 Å². The Morgan fingerprint density at radius 1 is 1.53 bits per heavy atom. The maximum absolute atomic E-state index is 11.9. The molecule has 1 rings (SSSR count). The maximum atomic E-state index is 11.9. The highest BCUT2D eigenvalue weighted by Crippen LogP contribution is 2.23. The number of nitro groups is 1. The second-order valence-electron chi connectivity index (χ2n) is 3.84. The van der Waals surface area contributed by atoms with E-state index in [0.29, 0.717) is 13.0 Å². The molecule has 0 aliphatic heterocycles. The van der Waals surface area contributed by atoms with E-state index in [1.54, 1.807) is 7.05 Å². The van der Waals surface area contributed by atoms with Crippen LogP contribution in [0.25, 0.3) is 0 Å². The number of carbonyl (C=O) groups excluding carboxylic acids is 2. The van der Waals surface area contributed by atoms with Crippen LogP contribution in [-0.4, -0.2) is 42.4 Å². The normalized spacial score (nSPS) is 10.0. The number of methoxy groups -OCH3 is 1. The van der Waals surface area contributed by atoms with E-state index in [2.05, 4.69) is 4.74 Å². The maximum Gasteiger partial charge on any atom is 0.324 e. The van der Waals surface area contributed by atoms with E-state index in [4.69, 9.17) is 0 Å². The molecular formula is C11H14N2O5S. The summed E-state index contributed by atoms with van der Waals surface area (Å²) in [6.45, 7) is 0.386. The van der Waals surface area contributed by atoms with Crippen LogP contribution in [0.5, 0.6) is 0 Å². The first kappa shape index (κ1) is 15.1. The first-order valence-electron chi connectivity index (χ1n) is 5.51. The molecule has 0 aliphatic rings. The van der Waals surface area contributed by atoms with Crippen molar-refractivity contribution >= 4 is 28.2 Å². The zero-order valence-corrected chi connectivity index (χ0v) is 11.4. The summed E-state index contributed by atoms with van der Waals surface area (Å²) in [5.74, 6) is -0.624. The number of rotatable bonds is 6. The number of hydrogen-bond donors (Lipinski definition) is 0. The average molecular weight is 286 g/mol. The first-order valence-corrected chi connectivity index (χ1v) is 6.39. The quantitative estimate of drug-likeness (QED) is 0.451. The van der Waals surface area contributed by atoms with Crippen molar-refractivity contribution < 1.29 is 19.2 Å². The Morgan fingerprint density at radius 3 is 2.74 bits per heavy atom. The summed E-state index contributed by atoms with van der Waals surface area (Å²) in [7, 11) is 2.89. The number of ether oxygens (including phenoxy) is 1. The number of amides is 1. The van der Waals surface area contributed by atoms with Crippen molar-refractivity contribution in [1.29, 1.82) is 0 Å². The summed E-state index contributed by atoms with van der Waals surface area (Å²) >= 11 is 0.915. The van der Waals surface area contributed by atoms with Crippen molar-refractivity contribution in [1.82, 2.24) is 4.90 Å². The number of esters is 1. The molecule has 0 aromatic carbocycles. The number of nitrogens with zero attached hydrogens (tertiary/aromatic N) is 2. The third-order valence-electron chi connectivity index (χ3n) is 2.46. The Hall–Kier alpha value is -1.96. The van der Waals surface area contributed by atoms with Gasteiger partial charge in [-0.05, 0) is 6.42 Å². The molecule has 8 heteroatoms. The van der Waals surface area contributed by atoms with Crippen LogP contribution in [-0.2, 0) is 9.53 Å². The standard InChI is InChI=1S/C11H14N2O5S/c1-12(5-3-4-10(14)18-2)11(15)8-6-9(13(16)17)19-7-8/h6-7H,3-5H2,1-2H3. The van der Waals surface area contributed by atoms with Gasteiger partial charge in [-0.15, -0.1) is 0 Å². The molecule has 0 fully saturated rings. The van der Waals surface area contributed by atoms with Gasteiger partial charge in [0.25, 0.3) is 5.91 Å². The number of thiophene rings is 1. The minimum Gasteiger partial charge on any atom is -0.469 e. The molecule has 1 heterocycles. The van der Waals surface area contributed by atoms with E-state index in [1.165, 1.54) is 23.5 Å². The lowest BCUT2D eigenvalue weighted by molar-refractivity contribution is -0.380. The predicted octanol–water partition coefficient (Wildman–Crippen LogP) is 1.68. The molecule has 0 spiro atoms. The van der Waals surface area contributed by atoms with Crippen LogP contribution in [0.3, 0.4) is 0 Å². The summed E-state index contributed by atoms with van der Waals surface area (Å²) in [5.41, 5.74) is 0.289. The fourth-order valence-electron chi connectivity index (χ4n) is 1.42. The van der Waals surface area contributed by atoms with E-state index in [1.807, 2.05) is 0 Å². The van der Waals surface area contributed by atoms with Gasteiger partial charge in [-0.2, -0.15) is 0 Å². The molecule has 7 nitrogen and oxygen atoms in total. The molecule has 1 aromatic heterocycles. The summed E-state index contributed by atoms with van der Waals surface area (Å²) in [5, 5.41) is 11.9. The largest absolute Gasteiger partial charge is 0.469 e. The lowest BCUT2D eigenvalue weighted by Gasteiger charge is -2.15. The Morgan fingerprint density at radius 2 is 2.21 bits per heavy atom. The second-order valence-corrected chi connectivity index (χ2v) is 4.73. The predicted molar refractivity (Wildman–Crippen MR) is 69.2 cm³/mol. The highest BCUT2D eigenvalue weighted by atomic mass is 32.1. The smallest absolute Gasteiger partial charge is 0.324 e. The Kier molecular flexibility index (Phi) is 5.43. The van der Waals surface area contributed by atoms with Gasteiger partial charge in [0.15, 0.2) is 0 Å². The van der Waals surface area contributed by atoms with Gasteiger partial charge in [-0.25, -0.2) is 0 Å². The summed E-state index contributed by atoms with van der Waals surface area (Å²) < 4.78 is 4.49. The Balaban J connectivity index is 2.51. The van der Waals surface area contributed by atoms with Crippen LogP contribution in [0.2, 0.25) is 0 Å². The van der Waals surface area contributed by atoms with Crippen molar-refractivity contribution in [3.63, 3.8) is 0 Å². The van der Waals surface area contributed by atoms with Crippen molar-refractivity contribution in [2.24, 2.45) is 0 Å². The summed E-state index contributed by atoms with van der Waals surface area (Å²) in [4.78, 5) is 34.3. The van der Waals surface area contributed by atoms with Gasteiger partial charge in [0.1, 0.15) is 0 Å². The molecule has 104 valence electrons. The zero-order valence-electron chi connectivity index (χ0n) is 10.6. The van der Waals surface area contributed by atoms with Gasteiger partial charge in [0.2, 0.25) is 0 Å². The highest BCUT2D eigenvalue weighted by Gasteiger charge is 2.18. The molecule has 0 bridgehead atoms. The van der Waals surface area contributed by atoms with Gasteiger partial charge < -0.3 is 9.64 Å². The Labute approximate surface area is 113 Å². The van der Waals surface area contributed by atoms with Gasteiger partial charge in [-0.1, -0.05) is 11.3 Å². The van der Waals surface area contributed by atoms with Gasteiger partial charge in [0, 0.05) is 31.5 Å². The molecule has 1 aromatic rings. The van der Waals surface area contributed by atoms with E-state index in [9.17, 15) is 19.7 Å². The van der Waals surface area contributed by atoms with Crippen LogP contribution < -0.4 is 0 Å². The van der Waals surface area contributed by atoms with Crippen molar-refractivity contribution in [3.8, 4) is 0 Å². The average Bonchev–Trinajstić information content (AvgIpc) is 2.87. The fraction of sp³-hybridized carbons (Fsp3) is 0.455. The molecule has 0 aliphatic carbocycles. The van der Waals surface area contributed by atoms with Crippen LogP contribution in [0.4, 0.5) is 5.00 Å². The SMILES string of the molecule is COC(=O)CCCN(C)C(=O)c1csc([N+](=O)[O-])c1. The molecule has 0 N–H and O–H groups in total. The molecule has 0 radical (unpaired) electrons. The van der Waals surface area contributed by atoms with E-state index in [-0.39, 0.29) is 28.9 Å². The van der Waals surface area contributed by atoms with Crippen molar-refractivity contribution in [2.75, 3.05) is 20.7 Å². The zero-order chi connectivity index (χ0) is 14.4. The van der Waals surface area contributed by atoms with Crippen molar-refractivity contribution in [3.05, 3.63) is 27.1 Å². The molecule has 0 saturated carbocycles. The lowest BCUT2D eigenvalue weighted by Crippen LogP contribution is -2.27. The molecular weight excluding hydrogens is 272 g/mol. The van der Waals surface area contributed by atoms with Gasteiger partial charge >= 0.3 is 11.0 Å². The second kappa shape index (κ2) is 6.83. The molecule has 0 unspecified atom stereocenters. The van der Waals surface area contributed by atoms with Crippen molar-refractivity contribution in [2.45, 2.75) is 12.8 Å². The topological polar surface area (TPSA) is 89.8 Å². The summed E-state index contributed by atoms with van der Waals surface area (Å²) in [6, 6.07) is 1.25. The number of carbonyl (C=O) groups is 2. The summed E-state index contributed by atoms with van der Waals surface area (Å²) in [6.07, 6.45) is 0.721. The minimum absolute atomic E-state index is 0.0636. The molecule has 19 heavy (non-hydrogen) atoms. The third kappa shape index (κ3) is 4.32. The van der Waals surface area contributed by atoms with Crippen LogP contribution in [0, 0.1) is 10.1 Å². The van der Waals surface area contributed by atoms with Gasteiger partial charge in [-0.3, -0.25) is 19.7 Å². The third-order valence-corrected chi connectivity index (χ3v) is 3.34. The monoisotopic (exact) mass is 286 g/mol. The molecule has 0 saturated heterocycles. The highest BCUT2D eigenvalue weighted by molar-refractivity contribution is 7.13. The van der Waals surface area contributed by atoms with Crippen LogP contribution in [0.1, 0.15) is 23.2 Å². The van der Waals surface area contributed by atoms with Gasteiger partial charge in [0.05, 0.1) is 17.6 Å². The first-order chi connectivity index (χ1) is 8.95. The van der Waals surface area contributed by atoms with E-state index in [0.717, 1.165) is 11.3 Å². The number of hydrogen-bond acceptors (Lipinski definition) is 6. The molecule has 0 atom stereocenters. The molecule has 1 amide bonds. The van der Waals surface area contributed by atoms with Crippen LogP contribution >= 0.6 is 11.3 Å². The minimum atomic E-state index is -0.529. The fourth-order valence-corrected chi connectivity index (χ4v) is 2.12. The van der Waals surface area contributed by atoms with Crippen LogP contribution in [0.15, 0.2) is 11.4 Å². The van der Waals surface area contributed by atoms with E-state index < -0.39 is 4.92 Å². The Bertz CT molecular complexity index is 485. The lowest BCUT2D eigenvalue weighted by atomic mass is 10.2.